The molecule has 0 aliphatic carbocycles. The van der Waals surface area contributed by atoms with Gasteiger partial charge in [0.05, 0.1) is 19.8 Å². The molecule has 1 fully saturated rings. The van der Waals surface area contributed by atoms with E-state index >= 15 is 0 Å². The summed E-state index contributed by atoms with van der Waals surface area (Å²) in [6, 6.07) is 0. The van der Waals surface area contributed by atoms with Crippen LogP contribution in [0.25, 0.3) is 0 Å². The van der Waals surface area contributed by atoms with E-state index in [9.17, 15) is 9.46 Å². The second kappa shape index (κ2) is 9.78. The third-order valence-corrected chi connectivity index (χ3v) is 3.75. The average Bonchev–Trinajstić information content (AvgIpc) is 2.67. The minimum absolute atomic E-state index is 0.0638. The van der Waals surface area contributed by atoms with E-state index in [4.69, 9.17) is 20.6 Å². The maximum atomic E-state index is 11.0. The molecule has 8 nitrogen and oxygen atoms in total. The normalized spacial score (nSPS) is 23.0. The average molecular weight is 344 g/mol. The molecule has 1 heterocycles. The fourth-order valence-corrected chi connectivity index (χ4v) is 2.45. The van der Waals surface area contributed by atoms with E-state index in [1.54, 1.807) is 20.8 Å². The van der Waals surface area contributed by atoms with Crippen LogP contribution in [0.1, 0.15) is 27.7 Å². The summed E-state index contributed by atoms with van der Waals surface area (Å²) >= 11 is 1.46. The predicted molar refractivity (Wildman–Crippen MR) is 79.3 cm³/mol. The van der Waals surface area contributed by atoms with E-state index in [0.29, 0.717) is 11.8 Å². The first-order chi connectivity index (χ1) is 9.62. The number of amidine groups is 1. The van der Waals surface area contributed by atoms with Gasteiger partial charge in [-0.1, -0.05) is 6.92 Å². The molecule has 126 valence electrons. The number of phosphoric ester groups is 1. The van der Waals surface area contributed by atoms with Crippen LogP contribution in [0, 0.1) is 0 Å². The lowest BCUT2D eigenvalue weighted by Gasteiger charge is -2.23. The van der Waals surface area contributed by atoms with Crippen LogP contribution in [0.4, 0.5) is 0 Å². The molecule has 10 heteroatoms. The summed E-state index contributed by atoms with van der Waals surface area (Å²) in [6.45, 7) is 7.40. The van der Waals surface area contributed by atoms with Crippen molar-refractivity contribution in [2.45, 2.75) is 39.6 Å². The molecule has 2 atom stereocenters. The summed E-state index contributed by atoms with van der Waals surface area (Å²) in [6.07, 6.45) is -0.372. The first-order valence-electron chi connectivity index (χ1n) is 6.54. The second-order valence-electron chi connectivity index (χ2n) is 4.45. The fraction of sp³-hybridized carbons (Fsp3) is 0.909. The van der Waals surface area contributed by atoms with Crippen molar-refractivity contribution in [3.63, 3.8) is 0 Å². The molecule has 2 unspecified atom stereocenters. The largest absolute Gasteiger partial charge is 0.756 e. The summed E-state index contributed by atoms with van der Waals surface area (Å²) in [5.74, 6) is 0.287. The van der Waals surface area contributed by atoms with E-state index in [0.717, 1.165) is 5.75 Å². The SMILES string of the molecule is CCOP(=O)([O-])OCC1COC(C)(C)O1.CCSC(N)=[NH2+]. The highest BCUT2D eigenvalue weighted by Gasteiger charge is 2.33. The highest BCUT2D eigenvalue weighted by atomic mass is 32.2. The van der Waals surface area contributed by atoms with Gasteiger partial charge in [0.25, 0.3) is 13.0 Å². The molecule has 0 aromatic carbocycles. The minimum atomic E-state index is -4.17. The van der Waals surface area contributed by atoms with Crippen molar-refractivity contribution in [3.8, 4) is 0 Å². The Labute approximate surface area is 129 Å². The number of ether oxygens (including phenoxy) is 2. The fourth-order valence-electron chi connectivity index (χ4n) is 1.38. The Morgan fingerprint density at radius 2 is 2.14 bits per heavy atom. The topological polar surface area (TPSA) is 129 Å². The zero-order valence-corrected chi connectivity index (χ0v) is 14.6. The smallest absolute Gasteiger partial charge is 0.299 e. The van der Waals surface area contributed by atoms with Crippen molar-refractivity contribution >= 4 is 24.8 Å². The van der Waals surface area contributed by atoms with E-state index < -0.39 is 13.6 Å². The Kier molecular flexibility index (Phi) is 9.71. The van der Waals surface area contributed by atoms with Crippen LogP contribution >= 0.6 is 19.6 Å². The Balaban J connectivity index is 0.000000567. The molecule has 4 N–H and O–H groups in total. The van der Waals surface area contributed by atoms with Crippen molar-refractivity contribution in [1.29, 1.82) is 0 Å². The number of phosphoric acid groups is 1. The maximum Gasteiger partial charge on any atom is 0.299 e. The standard InChI is InChI=1S/C8H17O6P.C3H8N2S/c1-4-12-15(9,10)13-6-7-5-11-8(2,3)14-7;1-2-6-3(4)5/h7H,4-6H2,1-3H3,(H,9,10);2H2,1H3,(H3,4,5). The predicted octanol–water partition coefficient (Wildman–Crippen LogP) is -0.527. The number of thioether (sulfide) groups is 1. The molecule has 0 spiro atoms. The van der Waals surface area contributed by atoms with Gasteiger partial charge in [-0.05, 0) is 32.5 Å². The van der Waals surface area contributed by atoms with Gasteiger partial charge in [0.15, 0.2) is 5.79 Å². The van der Waals surface area contributed by atoms with E-state index in [-0.39, 0.29) is 19.3 Å². The molecular formula is C11H25N2O6PS. The number of nitrogens with two attached hydrogens (primary N) is 2. The van der Waals surface area contributed by atoms with Crippen LogP contribution in [0.3, 0.4) is 0 Å². The molecule has 0 saturated carbocycles. The molecular weight excluding hydrogens is 319 g/mol. The third kappa shape index (κ3) is 11.1. The van der Waals surface area contributed by atoms with Gasteiger partial charge in [-0.25, -0.2) is 0 Å². The van der Waals surface area contributed by atoms with Crippen LogP contribution in [0.15, 0.2) is 0 Å². The Hall–Kier alpha value is -0.150. The number of hydrogen-bond donors (Lipinski definition) is 2. The Morgan fingerprint density at radius 3 is 2.48 bits per heavy atom. The lowest BCUT2D eigenvalue weighted by Crippen LogP contribution is -2.43. The zero-order valence-electron chi connectivity index (χ0n) is 12.9. The highest BCUT2D eigenvalue weighted by molar-refractivity contribution is 8.13. The van der Waals surface area contributed by atoms with Gasteiger partial charge in [0.1, 0.15) is 6.10 Å². The second-order valence-corrected chi connectivity index (χ2v) is 7.20. The highest BCUT2D eigenvalue weighted by Crippen LogP contribution is 2.38. The quantitative estimate of drug-likeness (QED) is 0.374. The van der Waals surface area contributed by atoms with Gasteiger partial charge in [-0.15, -0.1) is 0 Å². The van der Waals surface area contributed by atoms with Gasteiger partial charge >= 0.3 is 0 Å². The summed E-state index contributed by atoms with van der Waals surface area (Å²) in [4.78, 5) is 11.0. The van der Waals surface area contributed by atoms with Crippen molar-refractivity contribution in [2.75, 3.05) is 25.6 Å². The zero-order chi connectivity index (χ0) is 16.5. The molecule has 21 heavy (non-hydrogen) atoms. The number of rotatable bonds is 6. The molecule has 1 aliphatic rings. The first-order valence-corrected chi connectivity index (χ1v) is 8.99. The summed E-state index contributed by atoms with van der Waals surface area (Å²) in [5.41, 5.74) is 5.06. The van der Waals surface area contributed by atoms with Crippen molar-refractivity contribution < 1.29 is 33.4 Å². The maximum absolute atomic E-state index is 11.0. The minimum Gasteiger partial charge on any atom is -0.756 e. The van der Waals surface area contributed by atoms with E-state index in [1.165, 1.54) is 11.8 Å². The lowest BCUT2D eigenvalue weighted by molar-refractivity contribution is -0.228. The van der Waals surface area contributed by atoms with Crippen molar-refractivity contribution in [2.24, 2.45) is 5.73 Å². The number of hydrogen-bond acceptors (Lipinski definition) is 7. The molecule has 0 aromatic heterocycles. The van der Waals surface area contributed by atoms with Gasteiger partial charge in [-0.2, -0.15) is 0 Å². The summed E-state index contributed by atoms with van der Waals surface area (Å²) in [7, 11) is -4.17. The van der Waals surface area contributed by atoms with Crippen LogP contribution in [0.2, 0.25) is 0 Å². The molecule has 1 rings (SSSR count). The Bertz CT molecular complexity index is 369. The molecule has 0 bridgehead atoms. The molecule has 0 aromatic rings. The van der Waals surface area contributed by atoms with Crippen LogP contribution in [0.5, 0.6) is 0 Å². The molecule has 0 amide bonds. The van der Waals surface area contributed by atoms with Crippen LogP contribution < -0.4 is 16.0 Å². The van der Waals surface area contributed by atoms with Gasteiger partial charge in [-0.3, -0.25) is 15.7 Å². The van der Waals surface area contributed by atoms with Gasteiger partial charge in [0.2, 0.25) is 0 Å². The molecule has 0 radical (unpaired) electrons. The Morgan fingerprint density at radius 1 is 1.52 bits per heavy atom. The van der Waals surface area contributed by atoms with Gasteiger partial charge in [0, 0.05) is 5.75 Å². The third-order valence-electron chi connectivity index (χ3n) is 2.08. The molecule has 1 aliphatic heterocycles. The van der Waals surface area contributed by atoms with Crippen molar-refractivity contribution in [3.05, 3.63) is 0 Å². The molecule has 1 saturated heterocycles. The lowest BCUT2D eigenvalue weighted by atomic mass is 10.4. The monoisotopic (exact) mass is 344 g/mol. The summed E-state index contributed by atoms with van der Waals surface area (Å²) in [5, 5.41) is 5.52. The summed E-state index contributed by atoms with van der Waals surface area (Å²) < 4.78 is 30.7. The van der Waals surface area contributed by atoms with Gasteiger partial charge < -0.3 is 23.4 Å². The van der Waals surface area contributed by atoms with Crippen LogP contribution in [-0.2, 0) is 23.1 Å². The van der Waals surface area contributed by atoms with Crippen molar-refractivity contribution in [1.82, 2.24) is 0 Å². The first kappa shape index (κ1) is 20.9. The van der Waals surface area contributed by atoms with E-state index in [1.807, 2.05) is 6.92 Å². The van der Waals surface area contributed by atoms with Crippen LogP contribution in [-0.4, -0.2) is 42.6 Å². The van der Waals surface area contributed by atoms with E-state index in [2.05, 4.69) is 9.05 Å².